The lowest BCUT2D eigenvalue weighted by molar-refractivity contribution is -0.0510. The van der Waals surface area contributed by atoms with Gasteiger partial charge in [0.2, 0.25) is 0 Å². The molecule has 1 rings (SSSR count). The van der Waals surface area contributed by atoms with E-state index in [9.17, 15) is 18.0 Å². The second kappa shape index (κ2) is 7.61. The predicted octanol–water partition coefficient (Wildman–Crippen LogP) is 1.94. The van der Waals surface area contributed by atoms with Crippen molar-refractivity contribution in [2.45, 2.75) is 5.51 Å². The number of alkyl halides is 3. The van der Waals surface area contributed by atoms with E-state index in [1.165, 1.54) is 7.11 Å². The van der Waals surface area contributed by atoms with Crippen LogP contribution in [0.3, 0.4) is 0 Å². The molecule has 7 nitrogen and oxygen atoms in total. The van der Waals surface area contributed by atoms with Crippen molar-refractivity contribution in [2.24, 2.45) is 0 Å². The molecule has 0 bridgehead atoms. The lowest BCUT2D eigenvalue weighted by atomic mass is 10.1. The second-order valence-electron chi connectivity index (χ2n) is 5.27. The van der Waals surface area contributed by atoms with Crippen LogP contribution < -0.4 is 4.48 Å². The molecule has 0 fully saturated rings. The van der Waals surface area contributed by atoms with Gasteiger partial charge in [-0.3, -0.25) is 9.04 Å². The van der Waals surface area contributed by atoms with Crippen molar-refractivity contribution in [1.29, 1.82) is 5.26 Å². The molecule has 0 aliphatic rings. The van der Waals surface area contributed by atoms with Gasteiger partial charge in [0.25, 0.3) is 0 Å². The van der Waals surface area contributed by atoms with Crippen molar-refractivity contribution < 1.29 is 35.7 Å². The Morgan fingerprint density at radius 2 is 1.75 bits per heavy atom. The first-order valence-corrected chi connectivity index (χ1v) is 7.57. The summed E-state index contributed by atoms with van der Waals surface area (Å²) in [6.45, 7) is 0. The zero-order valence-electron chi connectivity index (χ0n) is 13.2. The summed E-state index contributed by atoms with van der Waals surface area (Å²) in [6.07, 6.45) is 0. The number of esters is 1. The molecule has 1 N–H and O–H groups in total. The van der Waals surface area contributed by atoms with Crippen LogP contribution in [0.25, 0.3) is 0 Å². The van der Waals surface area contributed by atoms with Crippen molar-refractivity contribution in [2.75, 3.05) is 28.3 Å². The van der Waals surface area contributed by atoms with E-state index in [1.54, 1.807) is 18.2 Å². The first-order valence-electron chi connectivity index (χ1n) is 6.13. The summed E-state index contributed by atoms with van der Waals surface area (Å²) in [5.74, 6) is -0.426. The number of nitrogens with zero attached hydrogens (tertiary/aromatic N) is 2. The number of rotatable bonds is 2. The molecule has 0 heterocycles. The number of halogens is 3. The molecule has 1 aromatic carbocycles. The Kier molecular flexibility index (Phi) is 6.92. The van der Waals surface area contributed by atoms with Crippen LogP contribution >= 0.6 is 0 Å². The summed E-state index contributed by atoms with van der Waals surface area (Å²) in [5, 5.41) is 9.05. The Morgan fingerprint density at radius 3 is 2.04 bits per heavy atom. The van der Waals surface area contributed by atoms with Crippen molar-refractivity contribution >= 4 is 21.8 Å². The lowest BCUT2D eigenvalue weighted by Crippen LogP contribution is -2.35. The fraction of sp³-hybridized carbons (Fsp3) is 0.385. The van der Waals surface area contributed by atoms with Gasteiger partial charge in [-0.1, -0.05) is 0 Å². The van der Waals surface area contributed by atoms with Crippen molar-refractivity contribution in [3.05, 3.63) is 29.3 Å². The number of hydrogen-bond donors (Lipinski definition) is 1. The van der Waals surface area contributed by atoms with Crippen molar-refractivity contribution in [3.63, 3.8) is 0 Å². The molecule has 1 aromatic rings. The third kappa shape index (κ3) is 6.15. The Balaban J connectivity index is 0.000000561. The average molecular weight is 369 g/mol. The maximum atomic E-state index is 11.3. The number of nitriles is 1. The van der Waals surface area contributed by atoms with Gasteiger partial charge in [-0.05, 0) is 12.1 Å². The Labute approximate surface area is 137 Å². The monoisotopic (exact) mass is 369 g/mol. The molecule has 0 saturated heterocycles. The van der Waals surface area contributed by atoms with Crippen LogP contribution in [0, 0.1) is 11.3 Å². The van der Waals surface area contributed by atoms with Crippen molar-refractivity contribution in [1.82, 2.24) is 4.48 Å². The van der Waals surface area contributed by atoms with Crippen LogP contribution in [0.5, 0.6) is 0 Å². The highest BCUT2D eigenvalue weighted by molar-refractivity contribution is 7.86. The van der Waals surface area contributed by atoms with Crippen LogP contribution in [0.1, 0.15) is 15.9 Å². The van der Waals surface area contributed by atoms with E-state index < -0.39 is 21.6 Å². The maximum Gasteiger partial charge on any atom is 0.522 e. The number of benzene rings is 1. The van der Waals surface area contributed by atoms with Gasteiger partial charge in [-0.2, -0.15) is 26.9 Å². The highest BCUT2D eigenvalue weighted by atomic mass is 32.2. The third-order valence-corrected chi connectivity index (χ3v) is 3.14. The van der Waals surface area contributed by atoms with Gasteiger partial charge in [0.1, 0.15) is 17.3 Å². The number of carbonyl (C=O) groups is 1. The normalized spacial score (nSPS) is 11.8. The zero-order valence-corrected chi connectivity index (χ0v) is 14.1. The van der Waals surface area contributed by atoms with Gasteiger partial charge in [-0.25, -0.2) is 4.79 Å². The van der Waals surface area contributed by atoms with E-state index in [0.717, 1.165) is 5.69 Å². The minimum absolute atomic E-state index is 0.399. The number of ether oxygens (including phenoxy) is 1. The standard InChI is InChI=1S/C12H15N2O2.CHF3O3S/c1-14(2,3)11-6-5-9(12(15)16-4)7-10(11)8-13;2-1(3,4)8(5,6)7/h5-7H,1-4H3;(H,5,6,7)/q+1;. The summed E-state index contributed by atoms with van der Waals surface area (Å²) in [5.41, 5.74) is -3.77. The van der Waals surface area contributed by atoms with E-state index >= 15 is 0 Å². The van der Waals surface area contributed by atoms with Crippen LogP contribution in [-0.2, 0) is 14.9 Å². The van der Waals surface area contributed by atoms with Gasteiger partial charge >= 0.3 is 21.6 Å². The van der Waals surface area contributed by atoms with E-state index in [0.29, 0.717) is 15.6 Å². The van der Waals surface area contributed by atoms with E-state index in [-0.39, 0.29) is 0 Å². The third-order valence-electron chi connectivity index (χ3n) is 2.55. The summed E-state index contributed by atoms with van der Waals surface area (Å²) >= 11 is 0. The van der Waals surface area contributed by atoms with Crippen LogP contribution in [0.4, 0.5) is 18.9 Å². The molecule has 0 saturated carbocycles. The van der Waals surface area contributed by atoms with Crippen LogP contribution in [0.15, 0.2) is 18.2 Å². The summed E-state index contributed by atoms with van der Waals surface area (Å²) in [6, 6.07) is 7.11. The minimum atomic E-state index is -5.84. The molecule has 0 amide bonds. The summed E-state index contributed by atoms with van der Waals surface area (Å²) < 4.78 is 62.7. The molecule has 0 atom stereocenters. The maximum absolute atomic E-state index is 11.3. The van der Waals surface area contributed by atoms with E-state index in [2.05, 4.69) is 10.8 Å². The van der Waals surface area contributed by atoms with Gasteiger partial charge < -0.3 is 4.74 Å². The number of carbonyl (C=O) groups excluding carboxylic acids is 1. The molecule has 0 aromatic heterocycles. The summed E-state index contributed by atoms with van der Waals surface area (Å²) in [7, 11) is 1.38. The van der Waals surface area contributed by atoms with E-state index in [4.69, 9.17) is 18.2 Å². The largest absolute Gasteiger partial charge is 0.522 e. The molecule has 0 radical (unpaired) electrons. The second-order valence-corrected chi connectivity index (χ2v) is 6.68. The molecule has 134 valence electrons. The Hall–Kier alpha value is -2.16. The SMILES string of the molecule is COC(=O)c1ccc([N+](C)(C)C)c(C#N)c1.O=S(=O)(O)C(F)(F)F. The molecule has 0 aliphatic carbocycles. The van der Waals surface area contributed by atoms with Gasteiger partial charge in [-0.15, -0.1) is 0 Å². The quantitative estimate of drug-likeness (QED) is 0.370. The highest BCUT2D eigenvalue weighted by Gasteiger charge is 2.44. The zero-order chi connectivity index (χ0) is 19.3. The van der Waals surface area contributed by atoms with Crippen molar-refractivity contribution in [3.8, 4) is 6.07 Å². The number of hydrogen-bond acceptors (Lipinski definition) is 5. The van der Waals surface area contributed by atoms with Crippen LogP contribution in [-0.4, -0.2) is 52.7 Å². The molecule has 11 heteroatoms. The summed E-state index contributed by atoms with van der Waals surface area (Å²) in [4.78, 5) is 11.3. The minimum Gasteiger partial charge on any atom is -0.465 e. The Morgan fingerprint density at radius 1 is 1.29 bits per heavy atom. The predicted molar refractivity (Wildman–Crippen MR) is 79.7 cm³/mol. The molecular weight excluding hydrogens is 353 g/mol. The molecule has 0 unspecified atom stereocenters. The van der Waals surface area contributed by atoms with Gasteiger partial charge in [0, 0.05) is 6.07 Å². The first kappa shape index (κ1) is 21.8. The topological polar surface area (TPSA) is 104 Å². The molecule has 24 heavy (non-hydrogen) atoms. The molecular formula is C13H16F3N2O5S+. The Bertz CT molecular complexity index is 746. The average Bonchev–Trinajstić information content (AvgIpc) is 2.43. The molecule has 0 spiro atoms. The smallest absolute Gasteiger partial charge is 0.465 e. The first-order chi connectivity index (χ1) is 10.6. The number of methoxy groups -OCH3 is 1. The lowest BCUT2D eigenvalue weighted by Gasteiger charge is -2.24. The fourth-order valence-corrected chi connectivity index (χ4v) is 1.46. The van der Waals surface area contributed by atoms with Crippen LogP contribution in [0.2, 0.25) is 0 Å². The number of quaternary nitrogens is 1. The fourth-order valence-electron chi connectivity index (χ4n) is 1.46. The molecule has 0 aliphatic heterocycles. The van der Waals surface area contributed by atoms with Gasteiger partial charge in [0.15, 0.2) is 0 Å². The van der Waals surface area contributed by atoms with Gasteiger partial charge in [0.05, 0.1) is 33.8 Å². The van der Waals surface area contributed by atoms with E-state index in [1.807, 2.05) is 21.1 Å². The highest BCUT2D eigenvalue weighted by Crippen LogP contribution is 2.23.